The van der Waals surface area contributed by atoms with Crippen LogP contribution in [0.15, 0.2) is 18.2 Å². The highest BCUT2D eigenvalue weighted by Crippen LogP contribution is 2.44. The second-order valence-corrected chi connectivity index (χ2v) is 4.61. The molecule has 1 aromatic carbocycles. The van der Waals surface area contributed by atoms with Crippen molar-refractivity contribution in [2.24, 2.45) is 5.41 Å². The van der Waals surface area contributed by atoms with Gasteiger partial charge in [0.2, 0.25) is 0 Å². The molecule has 0 unspecified atom stereocenters. The Morgan fingerprint density at radius 2 is 1.95 bits per heavy atom. The summed E-state index contributed by atoms with van der Waals surface area (Å²) in [6.07, 6.45) is 1.69. The van der Waals surface area contributed by atoms with E-state index in [2.05, 4.69) is 0 Å². The molecule has 0 saturated heterocycles. The predicted octanol–water partition coefficient (Wildman–Crippen LogP) is 2.36. The predicted molar refractivity (Wildman–Crippen MR) is 65.6 cm³/mol. The van der Waals surface area contributed by atoms with Crippen LogP contribution in [0.25, 0.3) is 0 Å². The molecule has 1 aliphatic carbocycles. The molecule has 0 N–H and O–H groups in total. The van der Waals surface area contributed by atoms with Crippen LogP contribution in [-0.2, 0) is 9.53 Å². The maximum absolute atomic E-state index is 13.6. The number of ether oxygens (including phenoxy) is 2. The summed E-state index contributed by atoms with van der Waals surface area (Å²) >= 11 is 0. The number of carbonyl (C=O) groups excluding carboxylic acids is 2. The molecule has 0 bridgehead atoms. The van der Waals surface area contributed by atoms with E-state index in [1.54, 1.807) is 0 Å². The first-order valence-electron chi connectivity index (χ1n) is 6.02. The summed E-state index contributed by atoms with van der Waals surface area (Å²) in [5.41, 5.74) is -0.959. The maximum atomic E-state index is 13.6. The lowest BCUT2D eigenvalue weighted by Gasteiger charge is -2.37. The van der Waals surface area contributed by atoms with Gasteiger partial charge in [-0.15, -0.1) is 0 Å². The van der Waals surface area contributed by atoms with Crippen molar-refractivity contribution in [1.82, 2.24) is 0 Å². The number of methoxy groups -OCH3 is 2. The van der Waals surface area contributed by atoms with Gasteiger partial charge in [-0.3, -0.25) is 9.59 Å². The number of carbonyl (C=O) groups is 2. The largest absolute Gasteiger partial charge is 0.494 e. The third kappa shape index (κ3) is 2.09. The van der Waals surface area contributed by atoms with Gasteiger partial charge >= 0.3 is 5.97 Å². The molecule has 0 heterocycles. The Morgan fingerprint density at radius 1 is 1.26 bits per heavy atom. The number of halogens is 1. The minimum absolute atomic E-state index is 0.0669. The summed E-state index contributed by atoms with van der Waals surface area (Å²) in [7, 11) is 2.60. The van der Waals surface area contributed by atoms with Gasteiger partial charge in [-0.05, 0) is 31.0 Å². The van der Waals surface area contributed by atoms with Crippen LogP contribution in [0.5, 0.6) is 5.75 Å². The molecule has 1 fully saturated rings. The second kappa shape index (κ2) is 4.99. The van der Waals surface area contributed by atoms with Gasteiger partial charge in [0, 0.05) is 5.56 Å². The van der Waals surface area contributed by atoms with Crippen molar-refractivity contribution in [2.75, 3.05) is 14.2 Å². The van der Waals surface area contributed by atoms with Crippen LogP contribution in [0.3, 0.4) is 0 Å². The standard InChI is InChI=1S/C14H15FO4/c1-18-11-5-4-9(8-10(11)15)12(16)14(6-3-7-14)13(17)19-2/h4-5,8H,3,6-7H2,1-2H3. The summed E-state index contributed by atoms with van der Waals surface area (Å²) in [4.78, 5) is 24.2. The van der Waals surface area contributed by atoms with Crippen molar-refractivity contribution < 1.29 is 23.5 Å². The van der Waals surface area contributed by atoms with Crippen molar-refractivity contribution in [1.29, 1.82) is 0 Å². The van der Waals surface area contributed by atoms with Gasteiger partial charge in [-0.1, -0.05) is 6.42 Å². The Balaban J connectivity index is 2.33. The fourth-order valence-electron chi connectivity index (χ4n) is 2.33. The third-order valence-corrected chi connectivity index (χ3v) is 3.63. The highest BCUT2D eigenvalue weighted by atomic mass is 19.1. The first-order valence-corrected chi connectivity index (χ1v) is 6.02. The molecule has 102 valence electrons. The van der Waals surface area contributed by atoms with Crippen molar-refractivity contribution in [3.63, 3.8) is 0 Å². The van der Waals surface area contributed by atoms with Gasteiger partial charge in [0.25, 0.3) is 0 Å². The van der Waals surface area contributed by atoms with Crippen molar-refractivity contribution >= 4 is 11.8 Å². The summed E-state index contributed by atoms with van der Waals surface area (Å²) in [5.74, 6) is -1.47. The van der Waals surface area contributed by atoms with Crippen molar-refractivity contribution in [3.8, 4) is 5.75 Å². The normalized spacial score (nSPS) is 16.4. The average molecular weight is 266 g/mol. The molecule has 1 aliphatic rings. The summed E-state index contributed by atoms with van der Waals surface area (Å²) in [6.45, 7) is 0. The average Bonchev–Trinajstić information content (AvgIpc) is 2.36. The fraction of sp³-hybridized carbons (Fsp3) is 0.429. The third-order valence-electron chi connectivity index (χ3n) is 3.63. The van der Waals surface area contributed by atoms with E-state index in [0.29, 0.717) is 12.8 Å². The fourth-order valence-corrected chi connectivity index (χ4v) is 2.33. The maximum Gasteiger partial charge on any atom is 0.319 e. The van der Waals surface area contributed by atoms with Crippen molar-refractivity contribution in [3.05, 3.63) is 29.6 Å². The highest BCUT2D eigenvalue weighted by molar-refractivity contribution is 6.13. The molecule has 1 aromatic rings. The molecule has 0 radical (unpaired) electrons. The quantitative estimate of drug-likeness (QED) is 0.477. The lowest BCUT2D eigenvalue weighted by Crippen LogP contribution is -2.46. The van der Waals surface area contributed by atoms with Gasteiger partial charge < -0.3 is 9.47 Å². The minimum atomic E-state index is -1.13. The van der Waals surface area contributed by atoms with Crippen LogP contribution in [-0.4, -0.2) is 26.0 Å². The van der Waals surface area contributed by atoms with E-state index in [1.165, 1.54) is 26.4 Å². The van der Waals surface area contributed by atoms with E-state index < -0.39 is 17.2 Å². The molecule has 19 heavy (non-hydrogen) atoms. The van der Waals surface area contributed by atoms with E-state index in [0.717, 1.165) is 12.5 Å². The smallest absolute Gasteiger partial charge is 0.319 e. The number of hydrogen-bond acceptors (Lipinski definition) is 4. The van der Waals surface area contributed by atoms with Gasteiger partial charge in [0.1, 0.15) is 5.41 Å². The molecule has 5 heteroatoms. The van der Waals surface area contributed by atoms with E-state index in [-0.39, 0.29) is 17.1 Å². The molecular formula is C14H15FO4. The van der Waals surface area contributed by atoms with Crippen LogP contribution < -0.4 is 4.74 Å². The monoisotopic (exact) mass is 266 g/mol. The number of Topliss-reactive ketones (excluding diaryl/α,β-unsaturated/α-hetero) is 1. The van der Waals surface area contributed by atoms with E-state index >= 15 is 0 Å². The molecule has 0 aliphatic heterocycles. The Labute approximate surface area is 110 Å². The van der Waals surface area contributed by atoms with Gasteiger partial charge in [-0.25, -0.2) is 4.39 Å². The molecule has 0 atom stereocenters. The second-order valence-electron chi connectivity index (χ2n) is 4.61. The molecule has 4 nitrogen and oxygen atoms in total. The van der Waals surface area contributed by atoms with E-state index in [9.17, 15) is 14.0 Å². The van der Waals surface area contributed by atoms with Gasteiger partial charge in [0.05, 0.1) is 14.2 Å². The summed E-state index contributed by atoms with van der Waals surface area (Å²) in [6, 6.07) is 3.95. The Bertz CT molecular complexity index is 520. The number of ketones is 1. The van der Waals surface area contributed by atoms with Crippen molar-refractivity contribution in [2.45, 2.75) is 19.3 Å². The number of esters is 1. The Morgan fingerprint density at radius 3 is 2.37 bits per heavy atom. The van der Waals surface area contributed by atoms with Gasteiger partial charge in [0.15, 0.2) is 17.3 Å². The lowest BCUT2D eigenvalue weighted by molar-refractivity contribution is -0.153. The van der Waals surface area contributed by atoms with Crippen LogP contribution in [0.1, 0.15) is 29.6 Å². The lowest BCUT2D eigenvalue weighted by atomic mass is 9.64. The molecule has 2 rings (SSSR count). The van der Waals surface area contributed by atoms with Gasteiger partial charge in [-0.2, -0.15) is 0 Å². The Kier molecular flexibility index (Phi) is 3.55. The highest BCUT2D eigenvalue weighted by Gasteiger charge is 2.51. The summed E-state index contributed by atoms with van der Waals surface area (Å²) < 4.78 is 23.1. The molecule has 1 saturated carbocycles. The number of benzene rings is 1. The topological polar surface area (TPSA) is 52.6 Å². The first kappa shape index (κ1) is 13.5. The van der Waals surface area contributed by atoms with E-state index in [4.69, 9.17) is 9.47 Å². The van der Waals surface area contributed by atoms with Crippen LogP contribution in [0.2, 0.25) is 0 Å². The number of hydrogen-bond donors (Lipinski definition) is 0. The first-order chi connectivity index (χ1) is 9.05. The van der Waals surface area contributed by atoms with Crippen LogP contribution >= 0.6 is 0 Å². The van der Waals surface area contributed by atoms with Crippen LogP contribution in [0, 0.1) is 11.2 Å². The van der Waals surface area contributed by atoms with E-state index in [1.807, 2.05) is 0 Å². The molecule has 0 amide bonds. The summed E-state index contributed by atoms with van der Waals surface area (Å²) in [5, 5.41) is 0. The van der Waals surface area contributed by atoms with Crippen LogP contribution in [0.4, 0.5) is 4.39 Å². The minimum Gasteiger partial charge on any atom is -0.494 e. The SMILES string of the molecule is COC(=O)C1(C(=O)c2ccc(OC)c(F)c2)CCC1. The zero-order valence-corrected chi connectivity index (χ0v) is 10.9. The number of rotatable bonds is 4. The molecule has 0 spiro atoms. The molecular weight excluding hydrogens is 251 g/mol. The molecule has 0 aromatic heterocycles. The Hall–Kier alpha value is -1.91. The zero-order chi connectivity index (χ0) is 14.0. The zero-order valence-electron chi connectivity index (χ0n) is 10.9.